The van der Waals surface area contributed by atoms with E-state index in [0.29, 0.717) is 0 Å². The first-order valence-electron chi connectivity index (χ1n) is 5.98. The van der Waals surface area contributed by atoms with Gasteiger partial charge in [0.1, 0.15) is 0 Å². The van der Waals surface area contributed by atoms with E-state index >= 15 is 0 Å². The third-order valence-electron chi connectivity index (χ3n) is 3.27. The van der Waals surface area contributed by atoms with Gasteiger partial charge in [-0.15, -0.1) is 0 Å². The van der Waals surface area contributed by atoms with Gasteiger partial charge in [-0.05, 0) is 49.9 Å². The zero-order valence-corrected chi connectivity index (χ0v) is 12.1. The standard InChI is InChI=1S/C13H21NO3S/c1-9-5-6-13(7-10(9)2)18(16,17)14-12(4)11(3)8-15/h5-7,11-12,14-15H,8H2,1-4H3. The second-order valence-electron chi connectivity index (χ2n) is 4.82. The number of rotatable bonds is 5. The molecule has 0 saturated heterocycles. The lowest BCUT2D eigenvalue weighted by atomic mass is 10.1. The molecule has 0 spiro atoms. The van der Waals surface area contributed by atoms with Crippen LogP contribution in [0.5, 0.6) is 0 Å². The molecule has 0 aliphatic rings. The first-order valence-corrected chi connectivity index (χ1v) is 7.46. The van der Waals surface area contributed by atoms with Crippen molar-refractivity contribution < 1.29 is 13.5 Å². The van der Waals surface area contributed by atoms with Crippen molar-refractivity contribution in [2.24, 2.45) is 5.92 Å². The second kappa shape index (κ2) is 5.82. The smallest absolute Gasteiger partial charge is 0.240 e. The van der Waals surface area contributed by atoms with Gasteiger partial charge in [0.2, 0.25) is 10.0 Å². The summed E-state index contributed by atoms with van der Waals surface area (Å²) < 4.78 is 26.8. The Morgan fingerprint density at radius 2 is 1.83 bits per heavy atom. The summed E-state index contributed by atoms with van der Waals surface area (Å²) in [6.45, 7) is 7.33. The van der Waals surface area contributed by atoms with Crippen molar-refractivity contribution in [3.63, 3.8) is 0 Å². The van der Waals surface area contributed by atoms with Crippen molar-refractivity contribution in [2.75, 3.05) is 6.61 Å². The molecule has 0 aliphatic carbocycles. The second-order valence-corrected chi connectivity index (χ2v) is 6.53. The van der Waals surface area contributed by atoms with Gasteiger partial charge in [-0.3, -0.25) is 0 Å². The lowest BCUT2D eigenvalue weighted by Crippen LogP contribution is -2.38. The molecule has 0 radical (unpaired) electrons. The molecule has 1 aromatic rings. The van der Waals surface area contributed by atoms with Gasteiger partial charge in [0.05, 0.1) is 4.90 Å². The molecule has 0 amide bonds. The molecule has 2 N–H and O–H groups in total. The van der Waals surface area contributed by atoms with Gasteiger partial charge < -0.3 is 5.11 Å². The molecule has 0 saturated carbocycles. The van der Waals surface area contributed by atoms with Crippen molar-refractivity contribution in [1.29, 1.82) is 0 Å². The molecule has 1 rings (SSSR count). The molecule has 5 heteroatoms. The zero-order chi connectivity index (χ0) is 13.9. The van der Waals surface area contributed by atoms with E-state index in [2.05, 4.69) is 4.72 Å². The van der Waals surface area contributed by atoms with Crippen LogP contribution in [0.4, 0.5) is 0 Å². The van der Waals surface area contributed by atoms with Crippen LogP contribution in [0, 0.1) is 19.8 Å². The summed E-state index contributed by atoms with van der Waals surface area (Å²) in [6.07, 6.45) is 0. The summed E-state index contributed by atoms with van der Waals surface area (Å²) in [6, 6.07) is 4.75. The Labute approximate surface area is 109 Å². The minimum Gasteiger partial charge on any atom is -0.396 e. The minimum absolute atomic E-state index is 0.0450. The van der Waals surface area contributed by atoms with Crippen LogP contribution in [-0.4, -0.2) is 26.2 Å². The number of sulfonamides is 1. The van der Waals surface area contributed by atoms with Crippen LogP contribution in [-0.2, 0) is 10.0 Å². The Morgan fingerprint density at radius 3 is 2.33 bits per heavy atom. The molecule has 2 unspecified atom stereocenters. The monoisotopic (exact) mass is 271 g/mol. The van der Waals surface area contributed by atoms with Crippen LogP contribution in [0.25, 0.3) is 0 Å². The molecule has 4 nitrogen and oxygen atoms in total. The van der Waals surface area contributed by atoms with Gasteiger partial charge in [0.15, 0.2) is 0 Å². The molecule has 0 bridgehead atoms. The van der Waals surface area contributed by atoms with E-state index in [0.717, 1.165) is 11.1 Å². The number of benzene rings is 1. The fraction of sp³-hybridized carbons (Fsp3) is 0.538. The van der Waals surface area contributed by atoms with Gasteiger partial charge in [0.25, 0.3) is 0 Å². The van der Waals surface area contributed by atoms with Crippen molar-refractivity contribution in [3.8, 4) is 0 Å². The van der Waals surface area contributed by atoms with E-state index in [1.807, 2.05) is 13.8 Å². The SMILES string of the molecule is Cc1ccc(S(=O)(=O)NC(C)C(C)CO)cc1C. The Balaban J connectivity index is 2.96. The van der Waals surface area contributed by atoms with Crippen molar-refractivity contribution in [3.05, 3.63) is 29.3 Å². The Hall–Kier alpha value is -0.910. The van der Waals surface area contributed by atoms with Crippen LogP contribution in [0.1, 0.15) is 25.0 Å². The third kappa shape index (κ3) is 3.54. The fourth-order valence-electron chi connectivity index (χ4n) is 1.47. The predicted octanol–water partition coefficient (Wildman–Crippen LogP) is 1.60. The summed E-state index contributed by atoms with van der Waals surface area (Å²) in [5, 5.41) is 9.02. The van der Waals surface area contributed by atoms with Gasteiger partial charge in [-0.1, -0.05) is 13.0 Å². The Morgan fingerprint density at radius 1 is 1.22 bits per heavy atom. The maximum atomic E-state index is 12.1. The highest BCUT2D eigenvalue weighted by atomic mass is 32.2. The Kier molecular flexibility index (Phi) is 4.90. The van der Waals surface area contributed by atoms with E-state index in [9.17, 15) is 8.42 Å². The van der Waals surface area contributed by atoms with Crippen LogP contribution in [0.3, 0.4) is 0 Å². The van der Waals surface area contributed by atoms with Gasteiger partial charge in [-0.2, -0.15) is 0 Å². The summed E-state index contributed by atoms with van der Waals surface area (Å²) in [5.41, 5.74) is 2.01. The first kappa shape index (κ1) is 15.1. The molecular formula is C13H21NO3S. The average Bonchev–Trinajstić information content (AvgIpc) is 2.30. The summed E-state index contributed by atoms with van der Waals surface area (Å²) in [7, 11) is -3.51. The van der Waals surface area contributed by atoms with Crippen LogP contribution in [0.15, 0.2) is 23.1 Å². The molecule has 18 heavy (non-hydrogen) atoms. The van der Waals surface area contributed by atoms with Gasteiger partial charge >= 0.3 is 0 Å². The van der Waals surface area contributed by atoms with E-state index in [1.165, 1.54) is 0 Å². The van der Waals surface area contributed by atoms with Crippen molar-refractivity contribution in [2.45, 2.75) is 38.6 Å². The fourth-order valence-corrected chi connectivity index (χ4v) is 2.91. The largest absolute Gasteiger partial charge is 0.396 e. The highest BCUT2D eigenvalue weighted by Crippen LogP contribution is 2.16. The first-order chi connectivity index (χ1) is 8.27. The van der Waals surface area contributed by atoms with E-state index in [4.69, 9.17) is 5.11 Å². The molecule has 0 heterocycles. The quantitative estimate of drug-likeness (QED) is 0.855. The molecule has 0 aliphatic heterocycles. The van der Waals surface area contributed by atoms with Crippen LogP contribution >= 0.6 is 0 Å². The molecule has 102 valence electrons. The molecule has 1 aromatic carbocycles. The molecule has 0 fully saturated rings. The normalized spacial score (nSPS) is 15.4. The Bertz CT molecular complexity index is 511. The number of hydrogen-bond donors (Lipinski definition) is 2. The number of hydrogen-bond acceptors (Lipinski definition) is 3. The highest BCUT2D eigenvalue weighted by molar-refractivity contribution is 7.89. The molecule has 2 atom stereocenters. The predicted molar refractivity (Wildman–Crippen MR) is 71.9 cm³/mol. The van der Waals surface area contributed by atoms with E-state index in [1.54, 1.807) is 32.0 Å². The molecule has 0 aromatic heterocycles. The summed E-state index contributed by atoms with van der Waals surface area (Å²) in [5.74, 6) is -0.119. The third-order valence-corrected chi connectivity index (χ3v) is 4.83. The average molecular weight is 271 g/mol. The minimum atomic E-state index is -3.51. The summed E-state index contributed by atoms with van der Waals surface area (Å²) in [4.78, 5) is 0.266. The van der Waals surface area contributed by atoms with Gasteiger partial charge in [0, 0.05) is 12.6 Å². The number of nitrogens with one attached hydrogen (secondary N) is 1. The maximum Gasteiger partial charge on any atom is 0.240 e. The number of aliphatic hydroxyl groups is 1. The lowest BCUT2D eigenvalue weighted by Gasteiger charge is -2.19. The molecular weight excluding hydrogens is 250 g/mol. The topological polar surface area (TPSA) is 66.4 Å². The number of aliphatic hydroxyl groups excluding tert-OH is 1. The van der Waals surface area contributed by atoms with Crippen molar-refractivity contribution >= 4 is 10.0 Å². The maximum absolute atomic E-state index is 12.1. The number of aryl methyl sites for hydroxylation is 2. The van der Waals surface area contributed by atoms with Gasteiger partial charge in [-0.25, -0.2) is 13.1 Å². The zero-order valence-electron chi connectivity index (χ0n) is 11.3. The van der Waals surface area contributed by atoms with E-state index in [-0.39, 0.29) is 23.5 Å². The highest BCUT2D eigenvalue weighted by Gasteiger charge is 2.20. The van der Waals surface area contributed by atoms with Crippen LogP contribution < -0.4 is 4.72 Å². The van der Waals surface area contributed by atoms with Crippen LogP contribution in [0.2, 0.25) is 0 Å². The summed E-state index contributed by atoms with van der Waals surface area (Å²) >= 11 is 0. The lowest BCUT2D eigenvalue weighted by molar-refractivity contribution is 0.216. The van der Waals surface area contributed by atoms with E-state index < -0.39 is 10.0 Å². The van der Waals surface area contributed by atoms with Crippen molar-refractivity contribution in [1.82, 2.24) is 4.72 Å².